The number of aryl methyl sites for hydroxylation is 1. The van der Waals surface area contributed by atoms with Gasteiger partial charge in [-0.3, -0.25) is 24.0 Å². The van der Waals surface area contributed by atoms with Crippen molar-refractivity contribution in [2.24, 2.45) is 23.7 Å². The van der Waals surface area contributed by atoms with Crippen molar-refractivity contribution in [2.75, 3.05) is 21.1 Å². The SMILES string of the molecule is C=CC[C@H]1Cc2cc(Cl)c(CC)cc2[C@@]1(NC(=O)OC(C)(C)C)C(=O)OCc1ccccc1.C=CC[C@H]1Cc2cc(Cl)c(CN(C)C(=O)OC(C)(C)C)cc2[C@@]1(CC(=O)OC(C)(C)C)C(=O)OCc1ccccc1.CCCC[C@H]1Cc2cc(Cl)c(CN(C)C(=O)OC(C)(C)C)cc2[C@@]1(CC(=O)OC(C)(C)C)C(=O)OCc1ccccc1.CNCc1cc2c(cc1Cl)C[C@H](CCCB(O)O)[C@]2(C)C(=O)O. The number of nitrogens with zero attached hydrogens (tertiary/aromatic N) is 2. The van der Waals surface area contributed by atoms with Crippen LogP contribution in [0.15, 0.2) is 165 Å². The summed E-state index contributed by atoms with van der Waals surface area (Å²) < 4.78 is 45.8. The number of benzene rings is 7. The maximum absolute atomic E-state index is 14.3. The first-order valence-electron chi connectivity index (χ1n) is 47.7. The number of allylic oxidation sites excluding steroid dienone is 2. The van der Waals surface area contributed by atoms with E-state index in [0.29, 0.717) is 112 Å². The number of carbonyl (C=O) groups excluding carboxylic acids is 8. The van der Waals surface area contributed by atoms with Gasteiger partial charge in [-0.1, -0.05) is 207 Å². The number of ether oxygens (including phenoxy) is 8. The molecule has 5 N–H and O–H groups in total. The number of carbonyl (C=O) groups is 9. The second kappa shape index (κ2) is 49.0. The topological polar surface area (TPSA) is 319 Å². The summed E-state index contributed by atoms with van der Waals surface area (Å²) in [6, 6.07) is 43.3. The number of carboxylic acids is 1. The second-order valence-corrected chi connectivity index (χ2v) is 43.4. The molecule has 7 aromatic carbocycles. The van der Waals surface area contributed by atoms with Crippen LogP contribution in [0.2, 0.25) is 26.4 Å². The Labute approximate surface area is 842 Å². The Morgan fingerprint density at radius 3 is 1.21 bits per heavy atom. The molecule has 29 heteroatoms. The molecule has 0 radical (unpaired) electrons. The number of rotatable bonds is 33. The number of unbranched alkanes of at least 4 members (excludes halogenated alkanes) is 1. The number of nitrogens with one attached hydrogen (secondary N) is 2. The molecule has 0 saturated carbocycles. The van der Waals surface area contributed by atoms with E-state index >= 15 is 0 Å². The van der Waals surface area contributed by atoms with Crippen LogP contribution < -0.4 is 10.6 Å². The molecule has 0 aliphatic heterocycles. The first-order chi connectivity index (χ1) is 65.0. The van der Waals surface area contributed by atoms with E-state index in [1.165, 1.54) is 9.80 Å². The van der Waals surface area contributed by atoms with E-state index in [1.807, 2.05) is 195 Å². The van der Waals surface area contributed by atoms with Gasteiger partial charge in [-0.2, -0.15) is 0 Å². The lowest BCUT2D eigenvalue weighted by Gasteiger charge is -2.35. The molecule has 0 bridgehead atoms. The fourth-order valence-corrected chi connectivity index (χ4v) is 19.7. The predicted octanol–water partition coefficient (Wildman–Crippen LogP) is 22.9. The summed E-state index contributed by atoms with van der Waals surface area (Å²) in [6.07, 6.45) is 9.52. The molecular weight excluding hydrogens is 1850 g/mol. The molecule has 0 unspecified atom stereocenters. The van der Waals surface area contributed by atoms with Crippen LogP contribution in [0.5, 0.6) is 0 Å². The standard InChI is InChI=1S/C34H46ClNO6.C33H42ClNO6.C27H32ClNO4.C16H23BClNO4/c1-9-10-16-26-17-24-19-28(35)25(21-36(8)31(39)42-33(5,6)7)18-27(24)34(26,20-29(37)41-32(2,3)4)30(38)40-22-23-14-12-11-13-15-23;1-9-13-25-16-23-18-27(34)24(20-35(8)30(38)41-32(5,6)7)17-26(23)33(25,19-28(36)40-31(2,3)4)29(37)39-21-22-14-11-10-12-15-22;1-6-11-21-14-20-16-23(28)19(7-2)15-22(20)27(21,29-25(31)33-26(3,4)5)24(30)32-17-18-12-9-8-10-13-18;1-16(15(20)21)12(4-3-5-17(22)23)6-10-8-14(18)11(9-19-2)7-13(10)16/h11-15,18-19,26H,9-10,16-17,20-22H2,1-8H3;9-12,14-15,17-18,25H,1,13,16,19-21H2,2-8H3;6,8-10,12-13,15-16,21H,1,7,11,14,17H2,2-5H3,(H,29,31);7-8,12,19,22-23H,3-6,9H2,1-2H3,(H,20,21)/t26-,34-;25-,33-;21-,27+;12-,16-/m0000/s1. The molecule has 0 saturated heterocycles. The van der Waals surface area contributed by atoms with Gasteiger partial charge in [0.25, 0.3) is 0 Å². The Bertz CT molecular complexity index is 5470. The predicted molar refractivity (Wildman–Crippen MR) is 545 cm³/mol. The van der Waals surface area contributed by atoms with Gasteiger partial charge < -0.3 is 73.5 Å². The monoisotopic (exact) mass is 1990 g/mol. The Morgan fingerprint density at radius 1 is 0.460 bits per heavy atom. The first-order valence-corrected chi connectivity index (χ1v) is 49.2. The molecule has 11 rings (SSSR count). The highest BCUT2D eigenvalue weighted by molar-refractivity contribution is 6.41. The van der Waals surface area contributed by atoms with E-state index < -0.39 is 111 Å². The zero-order valence-corrected chi connectivity index (χ0v) is 87.8. The van der Waals surface area contributed by atoms with Crippen LogP contribution in [0.4, 0.5) is 14.4 Å². The van der Waals surface area contributed by atoms with E-state index in [0.717, 1.165) is 74.9 Å². The summed E-state index contributed by atoms with van der Waals surface area (Å²) >= 11 is 26.3. The first kappa shape index (κ1) is 114. The van der Waals surface area contributed by atoms with E-state index in [4.69, 9.17) is 94.3 Å². The largest absolute Gasteiger partial charge is 0.481 e. The fraction of sp³-hybridized carbons (Fsp3) is 0.500. The summed E-state index contributed by atoms with van der Waals surface area (Å²) in [6.45, 7) is 41.8. The molecule has 3 amide bonds. The number of fused-ring (bicyclic) bond motifs is 4. The van der Waals surface area contributed by atoms with E-state index in [9.17, 15) is 48.3 Å². The number of hydrogen-bond acceptors (Lipinski definition) is 20. The third kappa shape index (κ3) is 30.4. The van der Waals surface area contributed by atoms with Crippen LogP contribution in [-0.4, -0.2) is 135 Å². The summed E-state index contributed by atoms with van der Waals surface area (Å²) in [5.41, 5.74) is 3.76. The van der Waals surface area contributed by atoms with Gasteiger partial charge in [0.05, 0.1) is 31.3 Å². The van der Waals surface area contributed by atoms with Crippen molar-refractivity contribution in [2.45, 2.75) is 310 Å². The van der Waals surface area contributed by atoms with E-state index in [2.05, 4.69) is 30.7 Å². The van der Waals surface area contributed by atoms with Gasteiger partial charge in [0.2, 0.25) is 0 Å². The minimum Gasteiger partial charge on any atom is -0.481 e. The average molecular weight is 1990 g/mol. The average Bonchev–Trinajstić information content (AvgIpc) is 1.63. The van der Waals surface area contributed by atoms with Crippen LogP contribution >= 0.6 is 46.4 Å². The second-order valence-electron chi connectivity index (χ2n) is 41.8. The van der Waals surface area contributed by atoms with Gasteiger partial charge in [0.1, 0.15) is 58.7 Å². The maximum atomic E-state index is 14.3. The van der Waals surface area contributed by atoms with Gasteiger partial charge in [-0.05, 0) is 307 Å². The summed E-state index contributed by atoms with van der Waals surface area (Å²) in [5.74, 6) is -4.14. The van der Waals surface area contributed by atoms with Gasteiger partial charge in [-0.25, -0.2) is 19.2 Å². The summed E-state index contributed by atoms with van der Waals surface area (Å²) in [5, 5.41) is 36.0. The van der Waals surface area contributed by atoms with Crippen molar-refractivity contribution < 1.29 is 96.2 Å². The normalized spacial score (nSPS) is 19.3. The highest BCUT2D eigenvalue weighted by Gasteiger charge is 2.59. The van der Waals surface area contributed by atoms with E-state index in [-0.39, 0.29) is 75.7 Å². The third-order valence-corrected chi connectivity index (χ3v) is 26.4. The van der Waals surface area contributed by atoms with Crippen molar-refractivity contribution in [3.05, 3.63) is 268 Å². The Balaban J connectivity index is 0.000000232. The molecule has 0 heterocycles. The van der Waals surface area contributed by atoms with Crippen LogP contribution in [-0.2, 0) is 160 Å². The molecule has 7 aromatic rings. The van der Waals surface area contributed by atoms with Crippen molar-refractivity contribution in [3.63, 3.8) is 0 Å². The number of halogens is 4. The number of aliphatic carboxylic acids is 1. The van der Waals surface area contributed by atoms with E-state index in [1.54, 1.807) is 95.5 Å². The third-order valence-electron chi connectivity index (χ3n) is 25.0. The summed E-state index contributed by atoms with van der Waals surface area (Å²) in [4.78, 5) is 122. The van der Waals surface area contributed by atoms with Crippen LogP contribution in [0.1, 0.15) is 266 Å². The van der Waals surface area contributed by atoms with Crippen molar-refractivity contribution in [1.82, 2.24) is 20.4 Å². The Hall–Kier alpha value is -10.2. The van der Waals surface area contributed by atoms with Gasteiger partial charge in [0, 0.05) is 46.6 Å². The number of carboxylic acid groups (broad SMARTS) is 1. The zero-order chi connectivity index (χ0) is 103. The Kier molecular flexibility index (Phi) is 40.2. The van der Waals surface area contributed by atoms with Crippen molar-refractivity contribution in [3.8, 4) is 0 Å². The Morgan fingerprint density at radius 2 is 0.813 bits per heavy atom. The smallest absolute Gasteiger partial charge is 0.451 e. The lowest BCUT2D eigenvalue weighted by molar-refractivity contribution is -0.166. The lowest BCUT2D eigenvalue weighted by atomic mass is 9.70. The molecule has 139 heavy (non-hydrogen) atoms. The molecule has 4 aliphatic carbocycles. The maximum Gasteiger partial charge on any atom is 0.451 e. The quantitative estimate of drug-likeness (QED) is 0.0110. The molecule has 4 aliphatic rings. The van der Waals surface area contributed by atoms with Crippen LogP contribution in [0.25, 0.3) is 0 Å². The molecule has 8 atom stereocenters. The van der Waals surface area contributed by atoms with Crippen LogP contribution in [0.3, 0.4) is 0 Å². The molecule has 0 aromatic heterocycles. The van der Waals surface area contributed by atoms with Crippen molar-refractivity contribution in [1.29, 1.82) is 0 Å². The molecule has 0 spiro atoms. The molecule has 754 valence electrons. The van der Waals surface area contributed by atoms with Gasteiger partial charge in [-0.15, -0.1) is 13.2 Å². The highest BCUT2D eigenvalue weighted by Crippen LogP contribution is 2.55. The number of alkyl carbamates (subject to hydrolysis) is 1. The number of esters is 5. The summed E-state index contributed by atoms with van der Waals surface area (Å²) in [7, 11) is 3.75. The zero-order valence-electron chi connectivity index (χ0n) is 84.8. The van der Waals surface area contributed by atoms with Gasteiger partial charge >= 0.3 is 61.2 Å². The fourth-order valence-electron chi connectivity index (χ4n) is 18.7. The molecule has 0 fully saturated rings. The minimum atomic E-state index is -1.41. The number of hydrogen-bond donors (Lipinski definition) is 5. The van der Waals surface area contributed by atoms with Crippen LogP contribution in [0, 0.1) is 23.7 Å². The minimum absolute atomic E-state index is 0.0632. The molecule has 24 nitrogen and oxygen atoms in total. The lowest BCUT2D eigenvalue weighted by Crippen LogP contribution is -2.56. The molecular formula is C110H143BCl4N4O20. The number of amides is 3. The van der Waals surface area contributed by atoms with Crippen molar-refractivity contribution >= 4 is 108 Å². The van der Waals surface area contributed by atoms with Gasteiger partial charge in [0.15, 0.2) is 5.54 Å². The highest BCUT2D eigenvalue weighted by atomic mass is 35.5.